The van der Waals surface area contributed by atoms with Gasteiger partial charge in [-0.2, -0.15) is 0 Å². The van der Waals surface area contributed by atoms with E-state index in [-0.39, 0.29) is 48.6 Å². The maximum absolute atomic E-state index is 13.1. The summed E-state index contributed by atoms with van der Waals surface area (Å²) in [5.41, 5.74) is 1.31. The lowest BCUT2D eigenvalue weighted by atomic mass is 9.78. The minimum Gasteiger partial charge on any atom is -0.292 e. The summed E-state index contributed by atoms with van der Waals surface area (Å²) in [6.07, 6.45) is 4.61. The van der Waals surface area contributed by atoms with E-state index in [2.05, 4.69) is 9.80 Å². The van der Waals surface area contributed by atoms with Gasteiger partial charge in [-0.1, -0.05) is 36.4 Å². The molecule has 2 aromatic carbocycles. The molecule has 0 spiro atoms. The van der Waals surface area contributed by atoms with Gasteiger partial charge >= 0.3 is 0 Å². The van der Waals surface area contributed by atoms with E-state index in [1.165, 1.54) is 9.80 Å². The van der Waals surface area contributed by atoms with Gasteiger partial charge in [-0.05, 0) is 88.0 Å². The van der Waals surface area contributed by atoms with E-state index in [9.17, 15) is 19.2 Å². The molecule has 0 aliphatic carbocycles. The van der Waals surface area contributed by atoms with Crippen LogP contribution in [0.2, 0.25) is 0 Å². The number of benzene rings is 2. The molecule has 4 saturated heterocycles. The minimum absolute atomic E-state index is 0.103. The standard InChI is InChI=1S/C30H34N4O4/c35-27-19-25(29(37)33(27)23-7-3-1-4-8-23)31-15-11-21(12-16-31)22-13-17-32(18-14-22)26-20-28(36)34(30(26)38)24-9-5-2-6-10-24/h1-10,21-22,25-26H,11-20H2. The number of carbonyl (C=O) groups excluding carboxylic acids is 4. The number of piperidine rings is 2. The fourth-order valence-electron chi connectivity index (χ4n) is 6.90. The van der Waals surface area contributed by atoms with Crippen molar-refractivity contribution in [1.29, 1.82) is 0 Å². The summed E-state index contributed by atoms with van der Waals surface area (Å²) >= 11 is 0. The van der Waals surface area contributed by atoms with E-state index in [1.807, 2.05) is 60.7 Å². The Morgan fingerprint density at radius 2 is 0.842 bits per heavy atom. The molecule has 38 heavy (non-hydrogen) atoms. The first kappa shape index (κ1) is 24.9. The second kappa shape index (κ2) is 10.4. The van der Waals surface area contributed by atoms with Crippen molar-refractivity contribution in [1.82, 2.24) is 9.80 Å². The SMILES string of the molecule is O=C1CC(N2CCC(C3CCN(C4CC(=O)N(c5ccccc5)C4=O)CC3)CC2)C(=O)N1c1ccccc1. The van der Waals surface area contributed by atoms with Crippen molar-refractivity contribution in [2.24, 2.45) is 11.8 Å². The second-order valence-corrected chi connectivity index (χ2v) is 11.0. The number of amides is 4. The summed E-state index contributed by atoms with van der Waals surface area (Å²) in [6.45, 7) is 3.33. The second-order valence-electron chi connectivity index (χ2n) is 11.0. The third-order valence-corrected chi connectivity index (χ3v) is 8.97. The molecule has 0 saturated carbocycles. The van der Waals surface area contributed by atoms with E-state index in [1.54, 1.807) is 0 Å². The van der Waals surface area contributed by atoms with Crippen LogP contribution in [0.1, 0.15) is 38.5 Å². The van der Waals surface area contributed by atoms with Crippen molar-refractivity contribution in [3.05, 3.63) is 60.7 Å². The fourth-order valence-corrected chi connectivity index (χ4v) is 6.90. The Hall–Kier alpha value is -3.36. The Balaban J connectivity index is 1.01. The molecule has 8 heteroatoms. The van der Waals surface area contributed by atoms with Gasteiger partial charge in [-0.15, -0.1) is 0 Å². The van der Waals surface area contributed by atoms with Gasteiger partial charge in [0.15, 0.2) is 0 Å². The third kappa shape index (κ3) is 4.56. The van der Waals surface area contributed by atoms with Crippen molar-refractivity contribution in [3.63, 3.8) is 0 Å². The smallest absolute Gasteiger partial charge is 0.251 e. The zero-order chi connectivity index (χ0) is 26.2. The summed E-state index contributed by atoms with van der Waals surface area (Å²) in [4.78, 5) is 58.7. The third-order valence-electron chi connectivity index (χ3n) is 8.97. The van der Waals surface area contributed by atoms with E-state index in [0.717, 1.165) is 51.9 Å². The summed E-state index contributed by atoms with van der Waals surface area (Å²) in [5, 5.41) is 0. The molecule has 2 aromatic rings. The molecule has 4 aliphatic heterocycles. The number of rotatable bonds is 5. The zero-order valence-corrected chi connectivity index (χ0v) is 21.6. The van der Waals surface area contributed by atoms with Crippen molar-refractivity contribution >= 4 is 35.0 Å². The minimum atomic E-state index is -0.357. The van der Waals surface area contributed by atoms with Crippen LogP contribution >= 0.6 is 0 Å². The molecular weight excluding hydrogens is 480 g/mol. The number of hydrogen-bond acceptors (Lipinski definition) is 6. The van der Waals surface area contributed by atoms with Gasteiger partial charge in [0.1, 0.15) is 0 Å². The van der Waals surface area contributed by atoms with Crippen LogP contribution in [0.15, 0.2) is 60.7 Å². The highest BCUT2D eigenvalue weighted by Crippen LogP contribution is 2.36. The molecular formula is C30H34N4O4. The highest BCUT2D eigenvalue weighted by molar-refractivity contribution is 6.23. The van der Waals surface area contributed by atoms with E-state index in [0.29, 0.717) is 23.2 Å². The van der Waals surface area contributed by atoms with Crippen molar-refractivity contribution < 1.29 is 19.2 Å². The lowest BCUT2D eigenvalue weighted by Gasteiger charge is -2.42. The van der Waals surface area contributed by atoms with Crippen LogP contribution in [-0.2, 0) is 19.2 Å². The molecule has 2 unspecified atom stereocenters. The Morgan fingerprint density at radius 3 is 1.18 bits per heavy atom. The number of imide groups is 2. The van der Waals surface area contributed by atoms with Crippen LogP contribution in [0, 0.1) is 11.8 Å². The van der Waals surface area contributed by atoms with Gasteiger partial charge in [0.2, 0.25) is 11.8 Å². The maximum atomic E-state index is 13.1. The van der Waals surface area contributed by atoms with Crippen LogP contribution in [0.25, 0.3) is 0 Å². The molecule has 0 N–H and O–H groups in total. The quantitative estimate of drug-likeness (QED) is 0.571. The molecule has 2 atom stereocenters. The molecule has 198 valence electrons. The zero-order valence-electron chi connectivity index (χ0n) is 21.6. The van der Waals surface area contributed by atoms with Gasteiger partial charge in [-0.25, -0.2) is 9.80 Å². The molecule has 0 radical (unpaired) electrons. The first-order valence-electron chi connectivity index (χ1n) is 13.8. The van der Waals surface area contributed by atoms with E-state index < -0.39 is 0 Å². The average molecular weight is 515 g/mol. The number of likely N-dealkylation sites (tertiary alicyclic amines) is 2. The number of hydrogen-bond donors (Lipinski definition) is 0. The van der Waals surface area contributed by atoms with Crippen LogP contribution in [0.4, 0.5) is 11.4 Å². The summed E-state index contributed by atoms with van der Waals surface area (Å²) < 4.78 is 0. The lowest BCUT2D eigenvalue weighted by Crippen LogP contribution is -2.49. The number of para-hydroxylation sites is 2. The molecule has 0 bridgehead atoms. The Bertz CT molecular complexity index is 1110. The molecule has 8 nitrogen and oxygen atoms in total. The highest BCUT2D eigenvalue weighted by atomic mass is 16.2. The summed E-state index contributed by atoms with van der Waals surface area (Å²) in [5.74, 6) is 0.736. The number of carbonyl (C=O) groups is 4. The monoisotopic (exact) mass is 514 g/mol. The predicted molar refractivity (Wildman–Crippen MR) is 143 cm³/mol. The van der Waals surface area contributed by atoms with Crippen molar-refractivity contribution in [3.8, 4) is 0 Å². The normalized spacial score (nSPS) is 26.6. The highest BCUT2D eigenvalue weighted by Gasteiger charge is 2.46. The van der Waals surface area contributed by atoms with Gasteiger partial charge in [0.25, 0.3) is 11.8 Å². The first-order valence-corrected chi connectivity index (χ1v) is 13.8. The summed E-state index contributed by atoms with van der Waals surface area (Å²) in [6, 6.07) is 17.7. The van der Waals surface area contributed by atoms with Gasteiger partial charge in [0.05, 0.1) is 36.3 Å². The van der Waals surface area contributed by atoms with Crippen LogP contribution in [0.5, 0.6) is 0 Å². The average Bonchev–Trinajstić information content (AvgIpc) is 3.43. The van der Waals surface area contributed by atoms with Gasteiger partial charge in [0, 0.05) is 0 Å². The van der Waals surface area contributed by atoms with Gasteiger partial charge < -0.3 is 0 Å². The molecule has 0 aromatic heterocycles. The van der Waals surface area contributed by atoms with Crippen LogP contribution < -0.4 is 9.80 Å². The molecule has 6 rings (SSSR count). The Morgan fingerprint density at radius 1 is 0.500 bits per heavy atom. The van der Waals surface area contributed by atoms with E-state index in [4.69, 9.17) is 0 Å². The maximum Gasteiger partial charge on any atom is 0.251 e. The molecule has 4 heterocycles. The Labute approximate surface area is 223 Å². The molecule has 4 aliphatic rings. The number of anilines is 2. The largest absolute Gasteiger partial charge is 0.292 e. The van der Waals surface area contributed by atoms with Gasteiger partial charge in [-0.3, -0.25) is 29.0 Å². The lowest BCUT2D eigenvalue weighted by molar-refractivity contribution is -0.125. The topological polar surface area (TPSA) is 81.2 Å². The summed E-state index contributed by atoms with van der Waals surface area (Å²) in [7, 11) is 0. The Kier molecular flexibility index (Phi) is 6.84. The van der Waals surface area contributed by atoms with Crippen LogP contribution in [0.3, 0.4) is 0 Å². The van der Waals surface area contributed by atoms with E-state index >= 15 is 0 Å². The molecule has 4 amide bonds. The van der Waals surface area contributed by atoms with Crippen molar-refractivity contribution in [2.45, 2.75) is 50.6 Å². The first-order chi connectivity index (χ1) is 18.5. The predicted octanol–water partition coefficient (Wildman–Crippen LogP) is 3.07. The number of nitrogens with zero attached hydrogens (tertiary/aromatic N) is 4. The van der Waals surface area contributed by atoms with Crippen LogP contribution in [-0.4, -0.2) is 71.7 Å². The molecule has 4 fully saturated rings. The van der Waals surface area contributed by atoms with Crippen molar-refractivity contribution in [2.75, 3.05) is 36.0 Å². The fraction of sp³-hybridized carbons (Fsp3) is 0.467.